The van der Waals surface area contributed by atoms with E-state index in [1.54, 1.807) is 41.5 Å². The van der Waals surface area contributed by atoms with Gasteiger partial charge in [-0.3, -0.25) is 24.6 Å². The number of rotatable bonds is 13. The number of carbonyl (C=O) groups is 5. The Labute approximate surface area is 311 Å². The number of nitrogens with zero attached hydrogens (tertiary/aromatic N) is 1. The summed E-state index contributed by atoms with van der Waals surface area (Å²) in [5.74, 6) is -3.26. The number of likely N-dealkylation sites (tertiary alicyclic amines) is 1. The van der Waals surface area contributed by atoms with E-state index in [1.807, 2.05) is 13.8 Å². The largest absolute Gasteiger partial charge is 0.487 e. The molecule has 0 aliphatic carbocycles. The van der Waals surface area contributed by atoms with E-state index in [0.29, 0.717) is 28.9 Å². The smallest absolute Gasteiger partial charge is 0.410 e. The monoisotopic (exact) mass is 765 g/mol. The summed E-state index contributed by atoms with van der Waals surface area (Å²) in [6, 6.07) is -1.82. The molecule has 1 saturated heterocycles. The van der Waals surface area contributed by atoms with Crippen LogP contribution in [0.1, 0.15) is 89.5 Å². The molecule has 17 nitrogen and oxygen atoms in total. The van der Waals surface area contributed by atoms with Crippen molar-refractivity contribution >= 4 is 45.8 Å². The third-order valence-corrected chi connectivity index (χ3v) is 10.7. The number of carboxylic acid groups (broad SMARTS) is 1. The average molecular weight is 766 g/mol. The number of guanidine groups is 1. The zero-order valence-electron chi connectivity index (χ0n) is 32.1. The molecule has 2 aliphatic rings. The van der Waals surface area contributed by atoms with Gasteiger partial charge >= 0.3 is 12.1 Å². The highest BCUT2D eigenvalue weighted by atomic mass is 32.2. The lowest BCUT2D eigenvalue weighted by molar-refractivity contribution is -0.144. The minimum atomic E-state index is -4.17. The van der Waals surface area contributed by atoms with E-state index in [9.17, 15) is 37.5 Å². The van der Waals surface area contributed by atoms with Gasteiger partial charge in [0.05, 0.1) is 23.4 Å². The molecule has 0 saturated carbocycles. The summed E-state index contributed by atoms with van der Waals surface area (Å²) in [5, 5.41) is 28.3. The summed E-state index contributed by atoms with van der Waals surface area (Å²) in [6.07, 6.45) is 0.430. The lowest BCUT2D eigenvalue weighted by atomic mass is 9.91. The van der Waals surface area contributed by atoms with Crippen LogP contribution in [0.3, 0.4) is 0 Å². The molecule has 3 atom stereocenters. The SMILES string of the molecule is CC(=O)NCC(=O)N[C@@H](CCCNC(=N)NS(=O)(=O)c1c(C)c(C)c2c(c1C)CC(C)(C)O2)C(=O)NCC1CC(C(=O)O)CCN1C(=O)OC(C)(C)C. The van der Waals surface area contributed by atoms with Crippen LogP contribution in [-0.4, -0.2) is 104 Å². The number of fused-ring (bicyclic) bond motifs is 1. The van der Waals surface area contributed by atoms with Gasteiger partial charge < -0.3 is 40.7 Å². The molecule has 0 bridgehead atoms. The Hall–Kier alpha value is -4.61. The summed E-state index contributed by atoms with van der Waals surface area (Å²) in [4.78, 5) is 63.6. The van der Waals surface area contributed by atoms with Crippen molar-refractivity contribution in [2.24, 2.45) is 5.92 Å². The van der Waals surface area contributed by atoms with E-state index in [1.165, 1.54) is 11.8 Å². The number of aliphatic carboxylic acids is 1. The molecule has 2 heterocycles. The van der Waals surface area contributed by atoms with Crippen molar-refractivity contribution in [3.8, 4) is 5.75 Å². The van der Waals surface area contributed by atoms with Gasteiger partial charge in [-0.1, -0.05) is 0 Å². The second-order valence-electron chi connectivity index (χ2n) is 15.3. The first-order valence-corrected chi connectivity index (χ1v) is 19.1. The number of amides is 4. The predicted molar refractivity (Wildman–Crippen MR) is 195 cm³/mol. The van der Waals surface area contributed by atoms with E-state index in [2.05, 4.69) is 26.0 Å². The Balaban J connectivity index is 1.66. The van der Waals surface area contributed by atoms with E-state index >= 15 is 0 Å². The summed E-state index contributed by atoms with van der Waals surface area (Å²) >= 11 is 0. The van der Waals surface area contributed by atoms with Crippen molar-refractivity contribution in [2.75, 3.05) is 26.2 Å². The van der Waals surface area contributed by atoms with Crippen LogP contribution in [0.25, 0.3) is 0 Å². The van der Waals surface area contributed by atoms with Crippen LogP contribution in [0.4, 0.5) is 4.79 Å². The fourth-order valence-corrected chi connectivity index (χ4v) is 8.00. The molecule has 296 valence electrons. The summed E-state index contributed by atoms with van der Waals surface area (Å²) in [6.45, 7) is 15.1. The minimum absolute atomic E-state index is 0.0426. The number of carboxylic acids is 1. The highest BCUT2D eigenvalue weighted by molar-refractivity contribution is 7.90. The maximum absolute atomic E-state index is 13.5. The number of benzene rings is 1. The fourth-order valence-electron chi connectivity index (χ4n) is 6.48. The number of piperidine rings is 1. The first-order valence-electron chi connectivity index (χ1n) is 17.6. The van der Waals surface area contributed by atoms with Crippen molar-refractivity contribution in [1.82, 2.24) is 30.9 Å². The molecule has 2 aliphatic heterocycles. The molecule has 0 radical (unpaired) electrons. The standard InChI is InChI=1S/C35H55N7O10S/c1-19-20(2)29(21(3)25-16-35(8,9)51-28(19)25)53(49,50)41-32(36)37-13-10-11-26(40-27(44)18-38-22(4)43)30(45)39-17-24-15-23(31(46)47)12-14-42(24)33(48)52-34(5,6)7/h23-24,26H,10-18H2,1-9H3,(H,38,43)(H,39,45)(H,40,44)(H,46,47)(H3,36,37,41)/t23?,24?,26-/m0/s1. The maximum Gasteiger partial charge on any atom is 0.410 e. The van der Waals surface area contributed by atoms with Gasteiger partial charge in [-0.05, 0) is 97.8 Å². The van der Waals surface area contributed by atoms with Crippen LogP contribution in [0, 0.1) is 32.1 Å². The number of carbonyl (C=O) groups excluding carboxylic acids is 4. The fraction of sp³-hybridized carbons (Fsp3) is 0.657. The minimum Gasteiger partial charge on any atom is -0.487 e. The van der Waals surface area contributed by atoms with Gasteiger partial charge in [-0.15, -0.1) is 0 Å². The Morgan fingerprint density at radius 1 is 1.06 bits per heavy atom. The van der Waals surface area contributed by atoms with Gasteiger partial charge in [-0.2, -0.15) is 0 Å². The van der Waals surface area contributed by atoms with Crippen molar-refractivity contribution < 1.29 is 47.0 Å². The second kappa shape index (κ2) is 17.0. The van der Waals surface area contributed by atoms with Crippen LogP contribution in [0.5, 0.6) is 5.75 Å². The number of ether oxygens (including phenoxy) is 2. The Kier molecular flexibility index (Phi) is 13.8. The lowest BCUT2D eigenvalue weighted by Gasteiger charge is -2.39. The van der Waals surface area contributed by atoms with E-state index in [0.717, 1.165) is 5.56 Å². The summed E-state index contributed by atoms with van der Waals surface area (Å²) < 4.78 is 40.9. The van der Waals surface area contributed by atoms with E-state index < -0.39 is 75.0 Å². The molecule has 3 rings (SSSR count). The molecular weight excluding hydrogens is 710 g/mol. The van der Waals surface area contributed by atoms with E-state index in [4.69, 9.17) is 14.9 Å². The number of hydrogen-bond donors (Lipinski definition) is 7. The quantitative estimate of drug-likeness (QED) is 0.0866. The zero-order valence-corrected chi connectivity index (χ0v) is 32.9. The zero-order chi connectivity index (χ0) is 40.1. The molecule has 1 fully saturated rings. The molecule has 0 spiro atoms. The third kappa shape index (κ3) is 11.7. The average Bonchev–Trinajstić information content (AvgIpc) is 3.37. The van der Waals surface area contributed by atoms with Gasteiger partial charge in [0.25, 0.3) is 10.0 Å². The molecule has 7 N–H and O–H groups in total. The Morgan fingerprint density at radius 2 is 1.72 bits per heavy atom. The summed E-state index contributed by atoms with van der Waals surface area (Å²) in [5.41, 5.74) is 1.32. The molecule has 53 heavy (non-hydrogen) atoms. The number of hydrogen-bond acceptors (Lipinski definition) is 10. The molecule has 2 unspecified atom stereocenters. The molecule has 1 aromatic carbocycles. The molecule has 1 aromatic rings. The summed E-state index contributed by atoms with van der Waals surface area (Å²) in [7, 11) is -4.17. The van der Waals surface area contributed by atoms with E-state index in [-0.39, 0.29) is 56.8 Å². The highest BCUT2D eigenvalue weighted by Gasteiger charge is 2.38. The van der Waals surface area contributed by atoms with Gasteiger partial charge in [0, 0.05) is 38.5 Å². The molecular formula is C35H55N7O10S. The van der Waals surface area contributed by atoms with Crippen molar-refractivity contribution in [3.63, 3.8) is 0 Å². The van der Waals surface area contributed by atoms with Gasteiger partial charge in [0.1, 0.15) is 23.0 Å². The molecule has 18 heteroatoms. The van der Waals surface area contributed by atoms with Crippen LogP contribution in [0.2, 0.25) is 0 Å². The van der Waals surface area contributed by atoms with Crippen molar-refractivity contribution in [1.29, 1.82) is 5.41 Å². The third-order valence-electron chi connectivity index (χ3n) is 9.12. The van der Waals surface area contributed by atoms with Crippen molar-refractivity contribution in [3.05, 3.63) is 22.3 Å². The first-order chi connectivity index (χ1) is 24.4. The Morgan fingerprint density at radius 3 is 2.32 bits per heavy atom. The van der Waals surface area contributed by atoms with Gasteiger partial charge in [0.2, 0.25) is 23.7 Å². The first kappa shape index (κ1) is 42.8. The Bertz CT molecular complexity index is 1720. The number of sulfonamides is 1. The van der Waals surface area contributed by atoms with Crippen LogP contribution in [0.15, 0.2) is 4.90 Å². The second-order valence-corrected chi connectivity index (χ2v) is 16.9. The molecule has 4 amide bonds. The molecule has 0 aromatic heterocycles. The van der Waals surface area contributed by atoms with Crippen LogP contribution < -0.4 is 30.7 Å². The topological polar surface area (TPSA) is 245 Å². The predicted octanol–water partition coefficient (Wildman–Crippen LogP) is 1.75. The van der Waals surface area contributed by atoms with Gasteiger partial charge in [-0.25, -0.2) is 17.9 Å². The van der Waals surface area contributed by atoms with Gasteiger partial charge in [0.15, 0.2) is 0 Å². The highest BCUT2D eigenvalue weighted by Crippen LogP contribution is 2.43. The lowest BCUT2D eigenvalue weighted by Crippen LogP contribution is -2.55. The normalized spacial score (nSPS) is 18.5. The van der Waals surface area contributed by atoms with Crippen LogP contribution in [-0.2, 0) is 40.4 Å². The number of nitrogens with one attached hydrogen (secondary N) is 6. The maximum atomic E-state index is 13.5. The van der Waals surface area contributed by atoms with Crippen molar-refractivity contribution in [2.45, 2.75) is 123 Å². The van der Waals surface area contributed by atoms with Crippen LogP contribution >= 0.6 is 0 Å².